The number of pyridine rings is 1. The molecule has 27 heavy (non-hydrogen) atoms. The van der Waals surface area contributed by atoms with E-state index in [1.54, 1.807) is 24.7 Å². The fourth-order valence-corrected chi connectivity index (χ4v) is 3.06. The Kier molecular flexibility index (Phi) is 5.63. The van der Waals surface area contributed by atoms with Crippen LogP contribution in [0.3, 0.4) is 0 Å². The normalized spacial score (nSPS) is 18.3. The van der Waals surface area contributed by atoms with E-state index in [0.717, 1.165) is 5.56 Å². The molecule has 3 rings (SSSR count). The van der Waals surface area contributed by atoms with Crippen LogP contribution < -0.4 is 10.6 Å². The van der Waals surface area contributed by atoms with Crippen molar-refractivity contribution in [2.24, 2.45) is 11.8 Å². The quantitative estimate of drug-likeness (QED) is 0.715. The molecule has 2 unspecified atom stereocenters. The third kappa shape index (κ3) is 4.39. The highest BCUT2D eigenvalue weighted by Gasteiger charge is 2.34. The molecule has 0 saturated carbocycles. The second-order valence-corrected chi connectivity index (χ2v) is 6.91. The molecule has 142 valence electrons. The molecule has 3 heterocycles. The number of nitrogens with zero attached hydrogens (tertiary/aromatic N) is 2. The van der Waals surface area contributed by atoms with Crippen molar-refractivity contribution in [1.29, 1.82) is 0 Å². The van der Waals surface area contributed by atoms with Crippen LogP contribution in [0.25, 0.3) is 11.3 Å². The van der Waals surface area contributed by atoms with Gasteiger partial charge in [0.15, 0.2) is 11.5 Å². The summed E-state index contributed by atoms with van der Waals surface area (Å²) in [6.45, 7) is 4.21. The Labute approximate surface area is 156 Å². The molecule has 1 fully saturated rings. The second kappa shape index (κ2) is 8.11. The minimum atomic E-state index is -0.609. The van der Waals surface area contributed by atoms with E-state index in [9.17, 15) is 14.4 Å². The third-order valence-electron chi connectivity index (χ3n) is 4.56. The molecule has 2 aromatic heterocycles. The van der Waals surface area contributed by atoms with Crippen LogP contribution in [-0.4, -0.2) is 40.0 Å². The molecule has 1 aliphatic rings. The average molecular weight is 370 g/mol. The molecule has 0 aliphatic carbocycles. The lowest BCUT2D eigenvalue weighted by Gasteiger charge is -2.24. The Morgan fingerprint density at radius 1 is 1.37 bits per heavy atom. The Hall–Kier alpha value is -3.03. The fourth-order valence-electron chi connectivity index (χ4n) is 3.06. The number of piperidine rings is 1. The zero-order valence-corrected chi connectivity index (χ0v) is 15.3. The summed E-state index contributed by atoms with van der Waals surface area (Å²) < 4.78 is 5.68. The van der Waals surface area contributed by atoms with Crippen LogP contribution in [0.4, 0.5) is 6.01 Å². The van der Waals surface area contributed by atoms with Crippen LogP contribution in [0.1, 0.15) is 26.7 Å². The summed E-state index contributed by atoms with van der Waals surface area (Å²) in [6, 6.07) is 3.31. The monoisotopic (exact) mass is 370 g/mol. The number of hydrogen-bond donors (Lipinski definition) is 2. The molecule has 1 aliphatic heterocycles. The first-order valence-electron chi connectivity index (χ1n) is 8.93. The van der Waals surface area contributed by atoms with Gasteiger partial charge < -0.3 is 15.1 Å². The van der Waals surface area contributed by atoms with Crippen molar-refractivity contribution in [2.45, 2.75) is 32.7 Å². The SMILES string of the molecule is CC(C)C(Nc1ncc(-c2cccnc2)o1)C(=O)CC1CCNC(=O)C1=O. The van der Waals surface area contributed by atoms with Crippen LogP contribution in [0.15, 0.2) is 35.1 Å². The Morgan fingerprint density at radius 2 is 2.19 bits per heavy atom. The lowest BCUT2D eigenvalue weighted by molar-refractivity contribution is -0.143. The molecule has 8 heteroatoms. The van der Waals surface area contributed by atoms with Crippen molar-refractivity contribution in [3.05, 3.63) is 30.7 Å². The molecule has 8 nitrogen and oxygen atoms in total. The summed E-state index contributed by atoms with van der Waals surface area (Å²) >= 11 is 0. The summed E-state index contributed by atoms with van der Waals surface area (Å²) in [7, 11) is 0. The average Bonchev–Trinajstić information content (AvgIpc) is 3.13. The molecular weight excluding hydrogens is 348 g/mol. The first-order chi connectivity index (χ1) is 13.0. The third-order valence-corrected chi connectivity index (χ3v) is 4.56. The molecule has 2 atom stereocenters. The number of aromatic nitrogens is 2. The summed E-state index contributed by atoms with van der Waals surface area (Å²) in [4.78, 5) is 44.4. The summed E-state index contributed by atoms with van der Waals surface area (Å²) in [5.41, 5.74) is 0.782. The number of Topliss-reactive ketones (excluding diaryl/α,β-unsaturated/α-hetero) is 2. The van der Waals surface area contributed by atoms with Crippen molar-refractivity contribution in [3.8, 4) is 11.3 Å². The standard InChI is InChI=1S/C19H22N4O4/c1-11(2)16(14(24)8-12-5-7-21-18(26)17(12)25)23-19-22-10-15(27-19)13-4-3-6-20-9-13/h3-4,6,9-12,16H,5,7-8H2,1-2H3,(H,21,26)(H,22,23). The van der Waals surface area contributed by atoms with Gasteiger partial charge in [-0.3, -0.25) is 19.4 Å². The van der Waals surface area contributed by atoms with Crippen LogP contribution in [0, 0.1) is 11.8 Å². The molecule has 0 spiro atoms. The van der Waals surface area contributed by atoms with Crippen LogP contribution in [-0.2, 0) is 14.4 Å². The minimum Gasteiger partial charge on any atom is -0.424 e. The zero-order chi connectivity index (χ0) is 19.4. The van der Waals surface area contributed by atoms with Gasteiger partial charge in [-0.05, 0) is 24.5 Å². The lowest BCUT2D eigenvalue weighted by atomic mass is 9.87. The topological polar surface area (TPSA) is 114 Å². The number of oxazole rings is 1. The van der Waals surface area contributed by atoms with Gasteiger partial charge in [0, 0.05) is 36.8 Å². The number of carbonyl (C=O) groups is 3. The predicted octanol–water partition coefficient (Wildman–Crippen LogP) is 1.84. The molecule has 0 radical (unpaired) electrons. The van der Waals surface area contributed by atoms with Crippen LogP contribution in [0.2, 0.25) is 0 Å². The smallest absolute Gasteiger partial charge is 0.295 e. The number of amides is 1. The van der Waals surface area contributed by atoms with Crippen LogP contribution >= 0.6 is 0 Å². The lowest BCUT2D eigenvalue weighted by Crippen LogP contribution is -2.45. The van der Waals surface area contributed by atoms with E-state index >= 15 is 0 Å². The first kappa shape index (κ1) is 18.8. The van der Waals surface area contributed by atoms with Gasteiger partial charge >= 0.3 is 0 Å². The van der Waals surface area contributed by atoms with Gasteiger partial charge in [-0.15, -0.1) is 0 Å². The number of nitrogens with one attached hydrogen (secondary N) is 2. The highest BCUT2D eigenvalue weighted by atomic mass is 16.4. The highest BCUT2D eigenvalue weighted by Crippen LogP contribution is 2.24. The maximum atomic E-state index is 12.8. The van der Waals surface area contributed by atoms with Gasteiger partial charge in [0.2, 0.25) is 5.78 Å². The number of ketones is 2. The fraction of sp³-hybridized carbons (Fsp3) is 0.421. The summed E-state index contributed by atoms with van der Waals surface area (Å²) in [6.07, 6.45) is 5.40. The van der Waals surface area contributed by atoms with Crippen molar-refractivity contribution in [1.82, 2.24) is 15.3 Å². The van der Waals surface area contributed by atoms with E-state index in [0.29, 0.717) is 18.7 Å². The van der Waals surface area contributed by atoms with E-state index in [1.807, 2.05) is 19.9 Å². The molecule has 2 N–H and O–H groups in total. The van der Waals surface area contributed by atoms with E-state index in [1.165, 1.54) is 0 Å². The largest absolute Gasteiger partial charge is 0.424 e. The number of hydrogen-bond acceptors (Lipinski definition) is 7. The number of carbonyl (C=O) groups excluding carboxylic acids is 3. The van der Waals surface area contributed by atoms with E-state index in [4.69, 9.17) is 4.42 Å². The minimum absolute atomic E-state index is 0.0261. The Balaban J connectivity index is 1.69. The van der Waals surface area contributed by atoms with E-state index in [2.05, 4.69) is 20.6 Å². The Bertz CT molecular complexity index is 831. The van der Waals surface area contributed by atoms with Gasteiger partial charge in [0.05, 0.1) is 12.2 Å². The molecule has 1 saturated heterocycles. The molecule has 1 amide bonds. The van der Waals surface area contributed by atoms with Gasteiger partial charge in [0.1, 0.15) is 0 Å². The zero-order valence-electron chi connectivity index (χ0n) is 15.3. The Morgan fingerprint density at radius 3 is 2.89 bits per heavy atom. The molecule has 0 aromatic carbocycles. The number of rotatable bonds is 7. The summed E-state index contributed by atoms with van der Waals surface area (Å²) in [5, 5.41) is 5.52. The molecule has 2 aromatic rings. The summed E-state index contributed by atoms with van der Waals surface area (Å²) in [5.74, 6) is -1.34. The van der Waals surface area contributed by atoms with E-state index in [-0.39, 0.29) is 24.1 Å². The maximum absolute atomic E-state index is 12.8. The second-order valence-electron chi connectivity index (χ2n) is 6.91. The first-order valence-corrected chi connectivity index (χ1v) is 8.93. The molecular formula is C19H22N4O4. The van der Waals surface area contributed by atoms with Crippen LogP contribution in [0.5, 0.6) is 0 Å². The highest BCUT2D eigenvalue weighted by molar-refractivity contribution is 6.37. The predicted molar refractivity (Wildman–Crippen MR) is 97.7 cm³/mol. The van der Waals surface area contributed by atoms with Crippen molar-refractivity contribution in [2.75, 3.05) is 11.9 Å². The maximum Gasteiger partial charge on any atom is 0.295 e. The van der Waals surface area contributed by atoms with Crippen molar-refractivity contribution in [3.63, 3.8) is 0 Å². The van der Waals surface area contributed by atoms with Crippen molar-refractivity contribution >= 4 is 23.5 Å². The number of anilines is 1. The van der Waals surface area contributed by atoms with Gasteiger partial charge in [-0.2, -0.15) is 0 Å². The van der Waals surface area contributed by atoms with Gasteiger partial charge in [0.25, 0.3) is 11.9 Å². The molecule has 0 bridgehead atoms. The van der Waals surface area contributed by atoms with Crippen molar-refractivity contribution < 1.29 is 18.8 Å². The van der Waals surface area contributed by atoms with Gasteiger partial charge in [-0.25, -0.2) is 4.98 Å². The van der Waals surface area contributed by atoms with Gasteiger partial charge in [-0.1, -0.05) is 13.8 Å². The van der Waals surface area contributed by atoms with E-state index < -0.39 is 23.7 Å².